The van der Waals surface area contributed by atoms with Crippen LogP contribution in [0.2, 0.25) is 0 Å². The van der Waals surface area contributed by atoms with Gasteiger partial charge in [-0.3, -0.25) is 4.90 Å². The van der Waals surface area contributed by atoms with Gasteiger partial charge in [0.25, 0.3) is 0 Å². The van der Waals surface area contributed by atoms with Gasteiger partial charge in [0.05, 0.1) is 19.8 Å². The normalized spacial score (nSPS) is 29.8. The van der Waals surface area contributed by atoms with E-state index in [4.69, 9.17) is 9.47 Å². The maximum absolute atomic E-state index is 10.7. The SMILES string of the molecule is O=C1NC[C@H](CN2CCOCC2)O1. The number of amides is 1. The number of cyclic esters (lactones) is 1. The maximum Gasteiger partial charge on any atom is 0.407 e. The minimum atomic E-state index is -0.293. The zero-order valence-electron chi connectivity index (χ0n) is 7.49. The number of hydrogen-bond acceptors (Lipinski definition) is 4. The molecule has 2 aliphatic rings. The van der Waals surface area contributed by atoms with Crippen molar-refractivity contribution in [1.29, 1.82) is 0 Å². The average molecular weight is 186 g/mol. The molecule has 0 unspecified atom stereocenters. The third-order valence-electron chi connectivity index (χ3n) is 2.31. The van der Waals surface area contributed by atoms with E-state index in [9.17, 15) is 4.79 Å². The molecule has 2 fully saturated rings. The van der Waals surface area contributed by atoms with Gasteiger partial charge in [0.2, 0.25) is 0 Å². The van der Waals surface area contributed by atoms with Crippen LogP contribution in [0, 0.1) is 0 Å². The Bertz CT molecular complexity index is 192. The summed E-state index contributed by atoms with van der Waals surface area (Å²) in [5.41, 5.74) is 0. The largest absolute Gasteiger partial charge is 0.443 e. The fourth-order valence-corrected chi connectivity index (χ4v) is 1.61. The summed E-state index contributed by atoms with van der Waals surface area (Å²) in [5.74, 6) is 0. The van der Waals surface area contributed by atoms with Crippen molar-refractivity contribution in [3.8, 4) is 0 Å². The van der Waals surface area contributed by atoms with E-state index in [0.29, 0.717) is 6.54 Å². The number of nitrogens with zero attached hydrogens (tertiary/aromatic N) is 1. The van der Waals surface area contributed by atoms with Crippen molar-refractivity contribution < 1.29 is 14.3 Å². The van der Waals surface area contributed by atoms with E-state index in [1.807, 2.05) is 0 Å². The van der Waals surface area contributed by atoms with Crippen LogP contribution in [0.15, 0.2) is 0 Å². The van der Waals surface area contributed by atoms with E-state index in [-0.39, 0.29) is 12.2 Å². The molecular weight excluding hydrogens is 172 g/mol. The summed E-state index contributed by atoms with van der Waals surface area (Å²) in [6.45, 7) is 4.91. The van der Waals surface area contributed by atoms with E-state index >= 15 is 0 Å². The monoisotopic (exact) mass is 186 g/mol. The maximum atomic E-state index is 10.7. The Labute approximate surface area is 77.0 Å². The molecule has 0 aromatic rings. The second-order valence-electron chi connectivity index (χ2n) is 3.32. The molecule has 2 saturated heterocycles. The fraction of sp³-hybridized carbons (Fsp3) is 0.875. The van der Waals surface area contributed by atoms with E-state index in [1.165, 1.54) is 0 Å². The van der Waals surface area contributed by atoms with Crippen molar-refractivity contribution in [2.24, 2.45) is 0 Å². The van der Waals surface area contributed by atoms with Gasteiger partial charge in [-0.15, -0.1) is 0 Å². The first-order chi connectivity index (χ1) is 6.34. The quantitative estimate of drug-likeness (QED) is 0.627. The van der Waals surface area contributed by atoms with E-state index in [2.05, 4.69) is 10.2 Å². The zero-order chi connectivity index (χ0) is 9.10. The van der Waals surface area contributed by atoms with Crippen molar-refractivity contribution in [2.45, 2.75) is 6.10 Å². The van der Waals surface area contributed by atoms with Crippen molar-refractivity contribution in [3.05, 3.63) is 0 Å². The van der Waals surface area contributed by atoms with Gasteiger partial charge < -0.3 is 14.8 Å². The molecule has 74 valence electrons. The van der Waals surface area contributed by atoms with Crippen LogP contribution in [0.3, 0.4) is 0 Å². The predicted molar refractivity (Wildman–Crippen MR) is 45.5 cm³/mol. The third-order valence-corrected chi connectivity index (χ3v) is 2.31. The Balaban J connectivity index is 1.73. The lowest BCUT2D eigenvalue weighted by Crippen LogP contribution is -2.41. The highest BCUT2D eigenvalue weighted by atomic mass is 16.6. The van der Waals surface area contributed by atoms with Gasteiger partial charge in [0.1, 0.15) is 6.10 Å². The molecule has 5 nitrogen and oxygen atoms in total. The number of hydrogen-bond donors (Lipinski definition) is 1. The number of carbonyl (C=O) groups is 1. The standard InChI is InChI=1S/C8H14N2O3/c11-8-9-5-7(13-8)6-10-1-3-12-4-2-10/h7H,1-6H2,(H,9,11)/t7-/m1/s1. The smallest absolute Gasteiger partial charge is 0.407 e. The molecule has 0 saturated carbocycles. The third kappa shape index (κ3) is 2.32. The Morgan fingerprint density at radius 1 is 1.46 bits per heavy atom. The molecule has 2 heterocycles. The van der Waals surface area contributed by atoms with Gasteiger partial charge in [-0.05, 0) is 0 Å². The molecule has 2 aliphatic heterocycles. The molecule has 1 N–H and O–H groups in total. The molecule has 2 rings (SSSR count). The predicted octanol–water partition coefficient (Wildman–Crippen LogP) is -0.573. The van der Waals surface area contributed by atoms with Crippen LogP contribution in [-0.4, -0.2) is 56.5 Å². The second-order valence-corrected chi connectivity index (χ2v) is 3.32. The van der Waals surface area contributed by atoms with E-state index < -0.39 is 0 Å². The van der Waals surface area contributed by atoms with Crippen molar-refractivity contribution >= 4 is 6.09 Å². The minimum Gasteiger partial charge on any atom is -0.443 e. The first-order valence-corrected chi connectivity index (χ1v) is 4.59. The summed E-state index contributed by atoms with van der Waals surface area (Å²) in [5, 5.41) is 2.64. The molecule has 0 aromatic heterocycles. The van der Waals surface area contributed by atoms with Crippen molar-refractivity contribution in [1.82, 2.24) is 10.2 Å². The number of rotatable bonds is 2. The Morgan fingerprint density at radius 2 is 2.23 bits per heavy atom. The molecule has 0 aliphatic carbocycles. The lowest BCUT2D eigenvalue weighted by atomic mass is 10.3. The highest BCUT2D eigenvalue weighted by Gasteiger charge is 2.25. The molecule has 1 atom stereocenters. The molecule has 0 spiro atoms. The van der Waals surface area contributed by atoms with Gasteiger partial charge in [0.15, 0.2) is 0 Å². The summed E-state index contributed by atoms with van der Waals surface area (Å²) in [6, 6.07) is 0. The van der Waals surface area contributed by atoms with Crippen molar-refractivity contribution in [2.75, 3.05) is 39.4 Å². The molecule has 0 bridgehead atoms. The molecule has 0 radical (unpaired) electrons. The first-order valence-electron chi connectivity index (χ1n) is 4.59. The summed E-state index contributed by atoms with van der Waals surface area (Å²) >= 11 is 0. The van der Waals surface area contributed by atoms with Crippen LogP contribution in [-0.2, 0) is 9.47 Å². The topological polar surface area (TPSA) is 50.8 Å². The van der Waals surface area contributed by atoms with Crippen LogP contribution in [0.5, 0.6) is 0 Å². The van der Waals surface area contributed by atoms with Gasteiger partial charge >= 0.3 is 6.09 Å². The van der Waals surface area contributed by atoms with Crippen molar-refractivity contribution in [3.63, 3.8) is 0 Å². The summed E-state index contributed by atoms with van der Waals surface area (Å²) in [6.07, 6.45) is -0.274. The Morgan fingerprint density at radius 3 is 2.85 bits per heavy atom. The number of nitrogens with one attached hydrogen (secondary N) is 1. The second kappa shape index (κ2) is 3.93. The number of carbonyl (C=O) groups excluding carboxylic acids is 1. The van der Waals surface area contributed by atoms with Crippen LogP contribution in [0.1, 0.15) is 0 Å². The average Bonchev–Trinajstić information content (AvgIpc) is 2.53. The molecule has 1 amide bonds. The van der Waals surface area contributed by atoms with Gasteiger partial charge in [-0.2, -0.15) is 0 Å². The zero-order valence-corrected chi connectivity index (χ0v) is 7.49. The van der Waals surface area contributed by atoms with E-state index in [1.54, 1.807) is 0 Å². The summed E-state index contributed by atoms with van der Waals surface area (Å²) in [4.78, 5) is 13.0. The van der Waals surface area contributed by atoms with Crippen LogP contribution >= 0.6 is 0 Å². The highest BCUT2D eigenvalue weighted by Crippen LogP contribution is 2.04. The van der Waals surface area contributed by atoms with Gasteiger partial charge in [-0.1, -0.05) is 0 Å². The van der Waals surface area contributed by atoms with Gasteiger partial charge in [-0.25, -0.2) is 4.79 Å². The van der Waals surface area contributed by atoms with Crippen LogP contribution in [0.25, 0.3) is 0 Å². The Hall–Kier alpha value is -0.810. The Kier molecular flexibility index (Phi) is 2.65. The minimum absolute atomic E-state index is 0.0191. The first kappa shape index (κ1) is 8.77. The van der Waals surface area contributed by atoms with Crippen LogP contribution in [0.4, 0.5) is 4.79 Å². The molecule has 0 aromatic carbocycles. The molecular formula is C8H14N2O3. The molecule has 13 heavy (non-hydrogen) atoms. The number of morpholine rings is 1. The molecule has 5 heteroatoms. The lowest BCUT2D eigenvalue weighted by Gasteiger charge is -2.27. The van der Waals surface area contributed by atoms with E-state index in [0.717, 1.165) is 32.8 Å². The van der Waals surface area contributed by atoms with Crippen LogP contribution < -0.4 is 5.32 Å². The number of alkyl carbamates (subject to hydrolysis) is 1. The lowest BCUT2D eigenvalue weighted by molar-refractivity contribution is 0.0188. The summed E-state index contributed by atoms with van der Waals surface area (Å²) in [7, 11) is 0. The summed E-state index contributed by atoms with van der Waals surface area (Å²) < 4.78 is 10.3. The fourth-order valence-electron chi connectivity index (χ4n) is 1.61. The highest BCUT2D eigenvalue weighted by molar-refractivity contribution is 5.69. The number of ether oxygens (including phenoxy) is 2. The van der Waals surface area contributed by atoms with Gasteiger partial charge in [0, 0.05) is 19.6 Å².